The Hall–Kier alpha value is -3.61. The van der Waals surface area contributed by atoms with Gasteiger partial charge in [0.15, 0.2) is 0 Å². The molecule has 0 saturated heterocycles. The van der Waals surface area contributed by atoms with E-state index in [0.717, 1.165) is 16.9 Å². The summed E-state index contributed by atoms with van der Waals surface area (Å²) in [6.07, 6.45) is 6.48. The number of aromatic amines is 1. The smallest absolute Gasteiger partial charge is 0.255 e. The normalized spacial score (nSPS) is 15.7. The van der Waals surface area contributed by atoms with Gasteiger partial charge >= 0.3 is 0 Å². The summed E-state index contributed by atoms with van der Waals surface area (Å²) in [6, 6.07) is 11.7. The Morgan fingerprint density at radius 1 is 1.19 bits per heavy atom. The van der Waals surface area contributed by atoms with Crippen LogP contribution in [0.4, 0.5) is 5.69 Å². The van der Waals surface area contributed by atoms with Crippen LogP contribution in [0, 0.1) is 0 Å². The van der Waals surface area contributed by atoms with E-state index in [1.54, 1.807) is 25.7 Å². The van der Waals surface area contributed by atoms with Crippen molar-refractivity contribution in [3.8, 4) is 5.88 Å². The van der Waals surface area contributed by atoms with Crippen molar-refractivity contribution in [3.63, 3.8) is 0 Å². The van der Waals surface area contributed by atoms with E-state index in [0.29, 0.717) is 17.1 Å². The van der Waals surface area contributed by atoms with Crippen molar-refractivity contribution in [1.29, 1.82) is 0 Å². The Kier molecular flexibility index (Phi) is 4.33. The molecule has 1 aliphatic rings. The highest BCUT2D eigenvalue weighted by molar-refractivity contribution is 5.82. The molecule has 0 fully saturated rings. The number of nitrogens with one attached hydrogen (secondary N) is 2. The van der Waals surface area contributed by atoms with Crippen molar-refractivity contribution in [1.82, 2.24) is 19.9 Å². The van der Waals surface area contributed by atoms with Gasteiger partial charge in [-0.1, -0.05) is 18.2 Å². The molecule has 4 rings (SSSR count). The number of anilines is 1. The van der Waals surface area contributed by atoms with E-state index in [1.165, 1.54) is 0 Å². The van der Waals surface area contributed by atoms with Gasteiger partial charge < -0.3 is 19.9 Å². The van der Waals surface area contributed by atoms with Crippen LogP contribution in [0.5, 0.6) is 5.88 Å². The number of para-hydroxylation sites is 1. The minimum absolute atomic E-state index is 0.125. The van der Waals surface area contributed by atoms with Crippen LogP contribution in [0.1, 0.15) is 23.0 Å². The number of benzene rings is 1. The summed E-state index contributed by atoms with van der Waals surface area (Å²) < 4.78 is 5.20. The van der Waals surface area contributed by atoms with Gasteiger partial charge in [-0.25, -0.2) is 4.98 Å². The third-order valence-electron chi connectivity index (χ3n) is 4.53. The van der Waals surface area contributed by atoms with Gasteiger partial charge in [-0.05, 0) is 29.8 Å². The molecule has 27 heavy (non-hydrogen) atoms. The van der Waals surface area contributed by atoms with E-state index in [2.05, 4.69) is 20.3 Å². The molecule has 136 valence electrons. The fraction of sp³-hybridized carbons (Fsp3) is 0.150. The van der Waals surface area contributed by atoms with Crippen molar-refractivity contribution < 1.29 is 4.74 Å². The Morgan fingerprint density at radius 2 is 2.00 bits per heavy atom. The number of hydrogen-bond acceptors (Lipinski definition) is 6. The van der Waals surface area contributed by atoms with E-state index in [1.807, 2.05) is 54.4 Å². The van der Waals surface area contributed by atoms with Crippen LogP contribution in [0.15, 0.2) is 59.8 Å². The number of ether oxygens (including phenoxy) is 1. The molecule has 1 aromatic carbocycles. The summed E-state index contributed by atoms with van der Waals surface area (Å²) in [5.74, 6) is 0.436. The molecule has 0 aliphatic carbocycles. The fourth-order valence-corrected chi connectivity index (χ4v) is 3.18. The summed E-state index contributed by atoms with van der Waals surface area (Å²) in [7, 11) is 3.48. The molecule has 1 atom stereocenters. The first kappa shape index (κ1) is 16.8. The summed E-state index contributed by atoms with van der Waals surface area (Å²) in [6.45, 7) is 0. The number of hydrogen-bond donors (Lipinski definition) is 2. The van der Waals surface area contributed by atoms with E-state index >= 15 is 0 Å². The number of nitrogens with zero attached hydrogens (tertiary/aromatic N) is 3. The van der Waals surface area contributed by atoms with E-state index < -0.39 is 0 Å². The molecular weight excluding hydrogens is 342 g/mol. The average molecular weight is 361 g/mol. The Bertz CT molecular complexity index is 1050. The standard InChI is InChI=1S/C20H19N5O2/c1-25-16(15-11-21-12-17(24-15)27-2)10-13-8-9-22-20(26)18(13)19(25)23-14-6-4-3-5-7-14/h3-12,19,23H,1-2H3,(H,22,26). The minimum Gasteiger partial charge on any atom is -0.480 e. The SMILES string of the molecule is COc1cncc(C2=Cc3cc[nH]c(=O)c3C(Nc3ccccc3)N2C)n1. The van der Waals surface area contributed by atoms with Gasteiger partial charge in [-0.15, -0.1) is 0 Å². The predicted molar refractivity (Wildman–Crippen MR) is 104 cm³/mol. The van der Waals surface area contributed by atoms with Gasteiger partial charge in [-0.3, -0.25) is 9.78 Å². The molecule has 0 radical (unpaired) electrons. The molecule has 3 aromatic rings. The van der Waals surface area contributed by atoms with Gasteiger partial charge in [0.05, 0.1) is 30.8 Å². The molecule has 0 spiro atoms. The first-order valence-electron chi connectivity index (χ1n) is 8.51. The van der Waals surface area contributed by atoms with Crippen LogP contribution in [-0.2, 0) is 0 Å². The lowest BCUT2D eigenvalue weighted by Crippen LogP contribution is -2.37. The molecular formula is C20H19N5O2. The first-order chi connectivity index (χ1) is 13.2. The lowest BCUT2D eigenvalue weighted by atomic mass is 9.99. The number of fused-ring (bicyclic) bond motifs is 1. The molecule has 1 aliphatic heterocycles. The Balaban J connectivity index is 1.83. The third-order valence-corrected chi connectivity index (χ3v) is 4.53. The molecule has 2 N–H and O–H groups in total. The predicted octanol–water partition coefficient (Wildman–Crippen LogP) is 2.73. The van der Waals surface area contributed by atoms with Crippen LogP contribution in [0.2, 0.25) is 0 Å². The monoisotopic (exact) mass is 361 g/mol. The lowest BCUT2D eigenvalue weighted by Gasteiger charge is -2.36. The highest BCUT2D eigenvalue weighted by Gasteiger charge is 2.30. The summed E-state index contributed by atoms with van der Waals surface area (Å²) in [5.41, 5.74) is 3.80. The Morgan fingerprint density at radius 3 is 2.78 bits per heavy atom. The molecule has 2 aromatic heterocycles. The zero-order chi connectivity index (χ0) is 18.8. The van der Waals surface area contributed by atoms with Crippen molar-refractivity contribution in [2.45, 2.75) is 6.17 Å². The van der Waals surface area contributed by atoms with Crippen LogP contribution in [0.3, 0.4) is 0 Å². The molecule has 0 bridgehead atoms. The average Bonchev–Trinajstić information content (AvgIpc) is 2.71. The Labute approximate surface area is 156 Å². The number of rotatable bonds is 4. The van der Waals surface area contributed by atoms with Crippen LogP contribution >= 0.6 is 0 Å². The van der Waals surface area contributed by atoms with Crippen molar-refractivity contribution >= 4 is 17.5 Å². The summed E-state index contributed by atoms with van der Waals surface area (Å²) in [4.78, 5) is 26.0. The molecule has 1 unspecified atom stereocenters. The molecule has 3 heterocycles. The zero-order valence-electron chi connectivity index (χ0n) is 15.0. The van der Waals surface area contributed by atoms with Crippen LogP contribution in [0.25, 0.3) is 11.8 Å². The third kappa shape index (κ3) is 3.15. The van der Waals surface area contributed by atoms with E-state index in [4.69, 9.17) is 4.74 Å². The van der Waals surface area contributed by atoms with Gasteiger partial charge in [0.1, 0.15) is 11.9 Å². The van der Waals surface area contributed by atoms with Gasteiger partial charge in [0.25, 0.3) is 5.56 Å². The number of methoxy groups -OCH3 is 1. The first-order valence-corrected chi connectivity index (χ1v) is 8.51. The molecule has 0 saturated carbocycles. The highest BCUT2D eigenvalue weighted by Crippen LogP contribution is 2.35. The summed E-state index contributed by atoms with van der Waals surface area (Å²) >= 11 is 0. The van der Waals surface area contributed by atoms with Crippen LogP contribution < -0.4 is 15.6 Å². The fourth-order valence-electron chi connectivity index (χ4n) is 3.18. The maximum atomic E-state index is 12.6. The van der Waals surface area contributed by atoms with Gasteiger partial charge in [0.2, 0.25) is 5.88 Å². The second-order valence-corrected chi connectivity index (χ2v) is 6.18. The van der Waals surface area contributed by atoms with Gasteiger partial charge in [-0.2, -0.15) is 0 Å². The highest BCUT2D eigenvalue weighted by atomic mass is 16.5. The topological polar surface area (TPSA) is 83.1 Å². The molecule has 0 amide bonds. The van der Waals surface area contributed by atoms with E-state index in [9.17, 15) is 4.79 Å². The molecule has 7 heteroatoms. The largest absolute Gasteiger partial charge is 0.480 e. The van der Waals surface area contributed by atoms with Crippen molar-refractivity contribution in [2.75, 3.05) is 19.5 Å². The zero-order valence-corrected chi connectivity index (χ0v) is 15.0. The number of pyridine rings is 1. The van der Waals surface area contributed by atoms with Crippen molar-refractivity contribution in [2.24, 2.45) is 0 Å². The number of aromatic nitrogens is 3. The van der Waals surface area contributed by atoms with Gasteiger partial charge in [0, 0.05) is 18.9 Å². The van der Waals surface area contributed by atoms with Crippen molar-refractivity contribution in [3.05, 3.63) is 82.2 Å². The lowest BCUT2D eigenvalue weighted by molar-refractivity contribution is 0.378. The second-order valence-electron chi connectivity index (χ2n) is 6.18. The maximum Gasteiger partial charge on any atom is 0.255 e. The van der Waals surface area contributed by atoms with E-state index in [-0.39, 0.29) is 11.7 Å². The summed E-state index contributed by atoms with van der Waals surface area (Å²) in [5, 5.41) is 3.44. The van der Waals surface area contributed by atoms with Crippen LogP contribution in [-0.4, -0.2) is 34.0 Å². The quantitative estimate of drug-likeness (QED) is 0.743. The number of H-pyrrole nitrogens is 1. The second kappa shape index (κ2) is 6.95. The molecule has 7 nitrogen and oxygen atoms in total. The maximum absolute atomic E-state index is 12.6. The minimum atomic E-state index is -0.361.